The van der Waals surface area contributed by atoms with Crippen LogP contribution in [-0.4, -0.2) is 32.5 Å². The average Bonchev–Trinajstić information content (AvgIpc) is 3.32. The van der Waals surface area contributed by atoms with Gasteiger partial charge in [0.2, 0.25) is 11.7 Å². The molecule has 2 atom stereocenters. The number of carbonyl (C=O) groups excluding carboxylic acids is 1. The molecule has 1 aromatic carbocycles. The molecule has 0 bridgehead atoms. The van der Waals surface area contributed by atoms with Gasteiger partial charge in [0.25, 0.3) is 0 Å². The van der Waals surface area contributed by atoms with E-state index >= 15 is 0 Å². The molecular weight excluding hydrogens is 384 g/mol. The summed E-state index contributed by atoms with van der Waals surface area (Å²) >= 11 is 1.43. The van der Waals surface area contributed by atoms with Crippen LogP contribution in [0.3, 0.4) is 0 Å². The third-order valence-corrected chi connectivity index (χ3v) is 6.56. The Labute approximate surface area is 175 Å². The zero-order chi connectivity index (χ0) is 20.4. The maximum Gasteiger partial charge on any atom is 0.230 e. The Bertz CT molecular complexity index is 961. The van der Waals surface area contributed by atoms with E-state index in [1.807, 2.05) is 34.9 Å². The summed E-state index contributed by atoms with van der Waals surface area (Å²) in [7, 11) is 0. The Kier molecular flexibility index (Phi) is 5.94. The molecule has 1 aliphatic rings. The molecular formula is C22H28N4O2S. The van der Waals surface area contributed by atoms with E-state index in [9.17, 15) is 4.79 Å². The molecule has 2 aromatic heterocycles. The predicted molar refractivity (Wildman–Crippen MR) is 116 cm³/mol. The van der Waals surface area contributed by atoms with Gasteiger partial charge in [0.1, 0.15) is 5.58 Å². The Morgan fingerprint density at radius 1 is 1.28 bits per heavy atom. The van der Waals surface area contributed by atoms with E-state index in [0.717, 1.165) is 22.5 Å². The predicted octanol–water partition coefficient (Wildman–Crippen LogP) is 5.06. The number of hydrogen-bond donors (Lipinski definition) is 1. The number of para-hydroxylation sites is 1. The highest BCUT2D eigenvalue weighted by molar-refractivity contribution is 7.99. The molecule has 1 N–H and O–H groups in total. The number of amides is 1. The Hall–Kier alpha value is -2.28. The number of furan rings is 1. The summed E-state index contributed by atoms with van der Waals surface area (Å²) < 4.78 is 8.02. The number of nitrogens with one attached hydrogen (secondary N) is 1. The molecule has 0 saturated heterocycles. The molecule has 0 radical (unpaired) electrons. The summed E-state index contributed by atoms with van der Waals surface area (Å²) in [5, 5.41) is 13.7. The molecule has 0 spiro atoms. The summed E-state index contributed by atoms with van der Waals surface area (Å²) in [5.41, 5.74) is 0.830. The number of aromatic nitrogens is 3. The second-order valence-electron chi connectivity index (χ2n) is 8.14. The number of hydrogen-bond acceptors (Lipinski definition) is 5. The van der Waals surface area contributed by atoms with E-state index in [2.05, 4.69) is 36.3 Å². The first-order valence-electron chi connectivity index (χ1n) is 10.4. The highest BCUT2D eigenvalue weighted by atomic mass is 32.2. The lowest BCUT2D eigenvalue weighted by atomic mass is 9.86. The Morgan fingerprint density at radius 3 is 2.83 bits per heavy atom. The second-order valence-corrected chi connectivity index (χ2v) is 9.09. The summed E-state index contributed by atoms with van der Waals surface area (Å²) in [5.74, 6) is 2.35. The van der Waals surface area contributed by atoms with Gasteiger partial charge in [-0.1, -0.05) is 49.7 Å². The van der Waals surface area contributed by atoms with Crippen LogP contribution in [0.25, 0.3) is 22.6 Å². The van der Waals surface area contributed by atoms with Crippen LogP contribution in [0.1, 0.15) is 52.5 Å². The van der Waals surface area contributed by atoms with Crippen LogP contribution in [0.4, 0.5) is 0 Å². The smallest absolute Gasteiger partial charge is 0.230 e. The summed E-state index contributed by atoms with van der Waals surface area (Å²) in [6.07, 6.45) is 4.74. The van der Waals surface area contributed by atoms with Crippen molar-refractivity contribution in [3.63, 3.8) is 0 Å². The van der Waals surface area contributed by atoms with Gasteiger partial charge in [0.05, 0.1) is 5.75 Å². The molecule has 4 rings (SSSR count). The Balaban J connectivity index is 1.48. The minimum atomic E-state index is 0.0670. The van der Waals surface area contributed by atoms with E-state index in [1.165, 1.54) is 31.0 Å². The van der Waals surface area contributed by atoms with Crippen LogP contribution < -0.4 is 5.32 Å². The molecule has 1 fully saturated rings. The molecule has 0 unspecified atom stereocenters. The number of nitrogens with zero attached hydrogens (tertiary/aromatic N) is 3. The summed E-state index contributed by atoms with van der Waals surface area (Å²) in [6, 6.07) is 10.3. The van der Waals surface area contributed by atoms with Gasteiger partial charge in [-0.05, 0) is 44.7 Å². The van der Waals surface area contributed by atoms with E-state index in [0.29, 0.717) is 29.3 Å². The number of fused-ring (bicyclic) bond motifs is 1. The number of carbonyl (C=O) groups is 1. The van der Waals surface area contributed by atoms with Gasteiger partial charge < -0.3 is 9.73 Å². The fourth-order valence-corrected chi connectivity index (χ4v) is 4.89. The van der Waals surface area contributed by atoms with E-state index < -0.39 is 0 Å². The van der Waals surface area contributed by atoms with E-state index in [4.69, 9.17) is 4.42 Å². The SMILES string of the molecule is CC(C)n1c(SCC(=O)N[C@H]2CCCC[C@@H]2C)nnc1-c1cc2ccccc2o1. The van der Waals surface area contributed by atoms with Crippen molar-refractivity contribution >= 4 is 28.6 Å². The van der Waals surface area contributed by atoms with Crippen LogP contribution in [0.15, 0.2) is 39.9 Å². The van der Waals surface area contributed by atoms with Gasteiger partial charge in [-0.2, -0.15) is 0 Å². The molecule has 1 aliphatic carbocycles. The highest BCUT2D eigenvalue weighted by Gasteiger charge is 2.24. The van der Waals surface area contributed by atoms with Crippen molar-refractivity contribution in [2.75, 3.05) is 5.75 Å². The molecule has 3 aromatic rings. The minimum Gasteiger partial charge on any atom is -0.453 e. The first-order chi connectivity index (χ1) is 14.0. The summed E-state index contributed by atoms with van der Waals surface area (Å²) in [6.45, 7) is 6.40. The quantitative estimate of drug-likeness (QED) is 0.573. The molecule has 154 valence electrons. The molecule has 7 heteroatoms. The molecule has 29 heavy (non-hydrogen) atoms. The van der Waals surface area contributed by atoms with Gasteiger partial charge in [-0.15, -0.1) is 10.2 Å². The Morgan fingerprint density at radius 2 is 2.07 bits per heavy atom. The third-order valence-electron chi connectivity index (χ3n) is 5.62. The number of thioether (sulfide) groups is 1. The van der Waals surface area contributed by atoms with Crippen molar-refractivity contribution in [2.45, 2.75) is 63.7 Å². The lowest BCUT2D eigenvalue weighted by molar-refractivity contribution is -0.119. The highest BCUT2D eigenvalue weighted by Crippen LogP contribution is 2.31. The largest absolute Gasteiger partial charge is 0.453 e. The van der Waals surface area contributed by atoms with Crippen molar-refractivity contribution in [1.82, 2.24) is 20.1 Å². The van der Waals surface area contributed by atoms with Crippen molar-refractivity contribution in [2.24, 2.45) is 5.92 Å². The van der Waals surface area contributed by atoms with Gasteiger partial charge in [-0.3, -0.25) is 9.36 Å². The maximum absolute atomic E-state index is 12.5. The monoisotopic (exact) mass is 412 g/mol. The lowest BCUT2D eigenvalue weighted by Gasteiger charge is -2.29. The zero-order valence-corrected chi connectivity index (χ0v) is 18.0. The molecule has 2 heterocycles. The van der Waals surface area contributed by atoms with Gasteiger partial charge in [0, 0.05) is 17.5 Å². The number of rotatable bonds is 6. The van der Waals surface area contributed by atoms with E-state index in [-0.39, 0.29) is 11.9 Å². The van der Waals surface area contributed by atoms with Crippen molar-refractivity contribution in [1.29, 1.82) is 0 Å². The standard InChI is InChI=1S/C22H28N4O2S/c1-14(2)26-21(19-12-16-9-5-7-11-18(16)28-19)24-25-22(26)29-13-20(27)23-17-10-6-4-8-15(17)3/h5,7,9,11-12,14-15,17H,4,6,8,10,13H2,1-3H3,(H,23,27)/t15-,17-/m0/s1. The van der Waals surface area contributed by atoms with Crippen LogP contribution in [0.2, 0.25) is 0 Å². The van der Waals surface area contributed by atoms with Crippen molar-refractivity contribution in [3.05, 3.63) is 30.3 Å². The second kappa shape index (κ2) is 8.61. The molecule has 0 aliphatic heterocycles. The van der Waals surface area contributed by atoms with Gasteiger partial charge in [0.15, 0.2) is 10.9 Å². The van der Waals surface area contributed by atoms with E-state index in [1.54, 1.807) is 0 Å². The van der Waals surface area contributed by atoms with Crippen LogP contribution in [0.5, 0.6) is 0 Å². The van der Waals surface area contributed by atoms with Gasteiger partial charge >= 0.3 is 0 Å². The third kappa shape index (κ3) is 4.34. The number of benzene rings is 1. The molecule has 6 nitrogen and oxygen atoms in total. The summed E-state index contributed by atoms with van der Waals surface area (Å²) in [4.78, 5) is 12.5. The topological polar surface area (TPSA) is 73.0 Å². The van der Waals surface area contributed by atoms with Gasteiger partial charge in [-0.25, -0.2) is 0 Å². The molecule has 1 amide bonds. The maximum atomic E-state index is 12.5. The first kappa shape index (κ1) is 20.0. The minimum absolute atomic E-state index is 0.0670. The van der Waals surface area contributed by atoms with Crippen LogP contribution in [0, 0.1) is 5.92 Å². The fourth-order valence-electron chi connectivity index (χ4n) is 4.01. The zero-order valence-electron chi connectivity index (χ0n) is 17.2. The normalized spacial score (nSPS) is 19.7. The van der Waals surface area contributed by atoms with Crippen LogP contribution in [-0.2, 0) is 4.79 Å². The first-order valence-corrected chi connectivity index (χ1v) is 11.4. The average molecular weight is 413 g/mol. The fraction of sp³-hybridized carbons (Fsp3) is 0.500. The van der Waals surface area contributed by atoms with Crippen molar-refractivity contribution in [3.8, 4) is 11.6 Å². The molecule has 1 saturated carbocycles. The van der Waals surface area contributed by atoms with Crippen LogP contribution >= 0.6 is 11.8 Å². The lowest BCUT2D eigenvalue weighted by Crippen LogP contribution is -2.41. The van der Waals surface area contributed by atoms with Crippen molar-refractivity contribution < 1.29 is 9.21 Å².